The van der Waals surface area contributed by atoms with E-state index in [1.807, 2.05) is 24.3 Å². The normalized spacial score (nSPS) is 10.4. The van der Waals surface area contributed by atoms with Crippen molar-refractivity contribution in [3.8, 4) is 0 Å². The summed E-state index contributed by atoms with van der Waals surface area (Å²) in [5.41, 5.74) is 2.30. The van der Waals surface area contributed by atoms with Crippen LogP contribution in [0.25, 0.3) is 0 Å². The molecular weight excluding hydrogens is 357 g/mol. The van der Waals surface area contributed by atoms with Crippen LogP contribution in [0.3, 0.4) is 0 Å². The van der Waals surface area contributed by atoms with E-state index in [0.29, 0.717) is 24.2 Å². The molecule has 0 aliphatic rings. The largest absolute Gasteiger partial charge is 0.372 e. The van der Waals surface area contributed by atoms with E-state index in [-0.39, 0.29) is 24.2 Å². The number of anilines is 2. The van der Waals surface area contributed by atoms with Gasteiger partial charge < -0.3 is 15.1 Å². The van der Waals surface area contributed by atoms with Gasteiger partial charge in [0.15, 0.2) is 0 Å². The summed E-state index contributed by atoms with van der Waals surface area (Å²) in [6.07, 6.45) is 0.400. The number of benzene rings is 2. The lowest BCUT2D eigenvalue weighted by Crippen LogP contribution is -2.40. The number of nitrogens with zero attached hydrogens (tertiary/aromatic N) is 2. The van der Waals surface area contributed by atoms with Crippen LogP contribution < -0.4 is 15.1 Å². The second-order valence-corrected chi connectivity index (χ2v) is 6.49. The van der Waals surface area contributed by atoms with Crippen molar-refractivity contribution in [3.63, 3.8) is 0 Å². The quantitative estimate of drug-likeness (QED) is 0.720. The second-order valence-electron chi connectivity index (χ2n) is 6.49. The minimum Gasteiger partial charge on any atom is -0.372 e. The summed E-state index contributed by atoms with van der Waals surface area (Å²) in [6, 6.07) is 14.1. The first-order valence-corrected chi connectivity index (χ1v) is 9.59. The first-order valence-electron chi connectivity index (χ1n) is 9.59. The molecule has 0 aliphatic heterocycles. The van der Waals surface area contributed by atoms with Crippen LogP contribution in [0.1, 0.15) is 26.3 Å². The monoisotopic (exact) mass is 385 g/mol. The highest BCUT2D eigenvalue weighted by Crippen LogP contribution is 2.21. The number of rotatable bonds is 9. The summed E-state index contributed by atoms with van der Waals surface area (Å²) >= 11 is 0. The van der Waals surface area contributed by atoms with Crippen molar-refractivity contribution in [2.75, 3.05) is 36.0 Å². The maximum atomic E-state index is 13.6. The SMILES string of the molecule is CCN(CC)c1ccc(N(CC(=O)NCCc2ccccc2F)C(C)=O)cc1. The zero-order chi connectivity index (χ0) is 20.5. The van der Waals surface area contributed by atoms with E-state index in [9.17, 15) is 14.0 Å². The van der Waals surface area contributed by atoms with Crippen molar-refractivity contribution >= 4 is 23.2 Å². The van der Waals surface area contributed by atoms with Gasteiger partial charge in [0.25, 0.3) is 0 Å². The Bertz CT molecular complexity index is 789. The lowest BCUT2D eigenvalue weighted by atomic mass is 10.1. The van der Waals surface area contributed by atoms with Crippen molar-refractivity contribution in [3.05, 3.63) is 59.9 Å². The first kappa shape index (κ1) is 21.4. The van der Waals surface area contributed by atoms with Gasteiger partial charge in [0.1, 0.15) is 12.4 Å². The number of halogens is 1. The molecule has 2 rings (SSSR count). The van der Waals surface area contributed by atoms with Gasteiger partial charge in [0.05, 0.1) is 0 Å². The van der Waals surface area contributed by atoms with Gasteiger partial charge in [0, 0.05) is 37.9 Å². The molecule has 5 nitrogen and oxygen atoms in total. The lowest BCUT2D eigenvalue weighted by molar-refractivity contribution is -0.123. The molecule has 1 N–H and O–H groups in total. The Balaban J connectivity index is 1.95. The van der Waals surface area contributed by atoms with E-state index < -0.39 is 0 Å². The Hall–Kier alpha value is -2.89. The average Bonchev–Trinajstić information content (AvgIpc) is 2.69. The Labute approximate surface area is 166 Å². The summed E-state index contributed by atoms with van der Waals surface area (Å²) in [7, 11) is 0. The number of hydrogen-bond acceptors (Lipinski definition) is 3. The molecule has 2 amide bonds. The van der Waals surface area contributed by atoms with E-state index >= 15 is 0 Å². The minimum absolute atomic E-state index is 0.0722. The van der Waals surface area contributed by atoms with Crippen LogP contribution in [-0.2, 0) is 16.0 Å². The molecule has 0 unspecified atom stereocenters. The highest BCUT2D eigenvalue weighted by atomic mass is 19.1. The number of carbonyl (C=O) groups is 2. The number of carbonyl (C=O) groups excluding carboxylic acids is 2. The van der Waals surface area contributed by atoms with Crippen LogP contribution in [0, 0.1) is 5.82 Å². The zero-order valence-corrected chi connectivity index (χ0v) is 16.7. The van der Waals surface area contributed by atoms with E-state index in [1.54, 1.807) is 18.2 Å². The molecule has 2 aromatic carbocycles. The maximum absolute atomic E-state index is 13.6. The van der Waals surface area contributed by atoms with Gasteiger partial charge in [-0.15, -0.1) is 0 Å². The minimum atomic E-state index is -0.282. The van der Waals surface area contributed by atoms with Gasteiger partial charge in [-0.25, -0.2) is 4.39 Å². The Morgan fingerprint density at radius 3 is 2.14 bits per heavy atom. The van der Waals surface area contributed by atoms with Gasteiger partial charge in [-0.2, -0.15) is 0 Å². The molecule has 2 aromatic rings. The topological polar surface area (TPSA) is 52.6 Å². The molecule has 0 radical (unpaired) electrons. The molecule has 0 aliphatic carbocycles. The molecule has 0 aromatic heterocycles. The molecule has 0 bridgehead atoms. The van der Waals surface area contributed by atoms with Gasteiger partial charge in [-0.3, -0.25) is 9.59 Å². The third kappa shape index (κ3) is 5.81. The summed E-state index contributed by atoms with van der Waals surface area (Å²) in [4.78, 5) is 27.9. The molecule has 6 heteroatoms. The van der Waals surface area contributed by atoms with Gasteiger partial charge in [0.2, 0.25) is 11.8 Å². The van der Waals surface area contributed by atoms with Gasteiger partial charge >= 0.3 is 0 Å². The molecule has 0 atom stereocenters. The van der Waals surface area contributed by atoms with Crippen molar-refractivity contribution in [2.24, 2.45) is 0 Å². The Morgan fingerprint density at radius 1 is 0.964 bits per heavy atom. The van der Waals surface area contributed by atoms with Crippen LogP contribution in [0.5, 0.6) is 0 Å². The number of amides is 2. The van der Waals surface area contributed by atoms with E-state index in [2.05, 4.69) is 24.1 Å². The van der Waals surface area contributed by atoms with E-state index in [0.717, 1.165) is 18.8 Å². The zero-order valence-electron chi connectivity index (χ0n) is 16.7. The van der Waals surface area contributed by atoms with E-state index in [1.165, 1.54) is 17.9 Å². The summed E-state index contributed by atoms with van der Waals surface area (Å²) in [5, 5.41) is 2.75. The van der Waals surface area contributed by atoms with Gasteiger partial charge in [-0.05, 0) is 56.2 Å². The third-order valence-electron chi connectivity index (χ3n) is 4.65. The van der Waals surface area contributed by atoms with Gasteiger partial charge in [-0.1, -0.05) is 18.2 Å². The van der Waals surface area contributed by atoms with Crippen LogP contribution >= 0.6 is 0 Å². The molecule has 28 heavy (non-hydrogen) atoms. The Kier molecular flexibility index (Phi) is 7.99. The van der Waals surface area contributed by atoms with Crippen LogP contribution in [0.2, 0.25) is 0 Å². The van der Waals surface area contributed by atoms with E-state index in [4.69, 9.17) is 0 Å². The smallest absolute Gasteiger partial charge is 0.240 e. The maximum Gasteiger partial charge on any atom is 0.240 e. The summed E-state index contributed by atoms with van der Waals surface area (Å²) < 4.78 is 13.6. The van der Waals surface area contributed by atoms with Crippen LogP contribution in [0.15, 0.2) is 48.5 Å². The predicted molar refractivity (Wildman–Crippen MR) is 111 cm³/mol. The fraction of sp³-hybridized carbons (Fsp3) is 0.364. The fourth-order valence-corrected chi connectivity index (χ4v) is 3.05. The molecule has 150 valence electrons. The second kappa shape index (κ2) is 10.4. The molecule has 0 saturated carbocycles. The molecular formula is C22H28FN3O2. The number of nitrogens with one attached hydrogen (secondary N) is 1. The summed E-state index contributed by atoms with van der Waals surface area (Å²) in [5.74, 6) is -0.769. The van der Waals surface area contributed by atoms with Crippen molar-refractivity contribution in [2.45, 2.75) is 27.2 Å². The molecule has 0 heterocycles. The highest BCUT2D eigenvalue weighted by molar-refractivity contribution is 5.97. The summed E-state index contributed by atoms with van der Waals surface area (Å²) in [6.45, 7) is 7.65. The standard InChI is InChI=1S/C22H28FN3O2/c1-4-25(5-2)19-10-12-20(13-11-19)26(17(3)27)16-22(28)24-15-14-18-8-6-7-9-21(18)23/h6-13H,4-5,14-16H2,1-3H3,(H,24,28). The van der Waals surface area contributed by atoms with Crippen LogP contribution in [0.4, 0.5) is 15.8 Å². The first-order chi connectivity index (χ1) is 13.5. The predicted octanol–water partition coefficient (Wildman–Crippen LogP) is 3.38. The molecule has 0 fully saturated rings. The molecule has 0 spiro atoms. The van der Waals surface area contributed by atoms with Crippen molar-refractivity contribution < 1.29 is 14.0 Å². The van der Waals surface area contributed by atoms with Crippen molar-refractivity contribution in [1.82, 2.24) is 5.32 Å². The molecule has 0 saturated heterocycles. The fourth-order valence-electron chi connectivity index (χ4n) is 3.05. The van der Waals surface area contributed by atoms with Crippen LogP contribution in [-0.4, -0.2) is 38.0 Å². The highest BCUT2D eigenvalue weighted by Gasteiger charge is 2.16. The number of hydrogen-bond donors (Lipinski definition) is 1. The average molecular weight is 385 g/mol. The Morgan fingerprint density at radius 2 is 1.57 bits per heavy atom. The van der Waals surface area contributed by atoms with Crippen molar-refractivity contribution in [1.29, 1.82) is 0 Å². The lowest BCUT2D eigenvalue weighted by Gasteiger charge is -2.24. The third-order valence-corrected chi connectivity index (χ3v) is 4.65.